The number of carbonyl (C=O) groups is 1. The van der Waals surface area contributed by atoms with Gasteiger partial charge in [-0.1, -0.05) is 25.4 Å². The Morgan fingerprint density at radius 3 is 2.38 bits per heavy atom. The summed E-state index contributed by atoms with van der Waals surface area (Å²) in [6, 6.07) is 3.78. The van der Waals surface area contributed by atoms with E-state index in [0.717, 1.165) is 17.5 Å². The molecular formula is C14H19ClO. The van der Waals surface area contributed by atoms with Gasteiger partial charge in [0.2, 0.25) is 0 Å². The third kappa shape index (κ3) is 3.34. The lowest BCUT2D eigenvalue weighted by Crippen LogP contribution is -2.03. The molecule has 0 aromatic heterocycles. The van der Waals surface area contributed by atoms with E-state index in [1.54, 1.807) is 0 Å². The molecule has 0 saturated heterocycles. The minimum atomic E-state index is 0.154. The first kappa shape index (κ1) is 13.2. The highest BCUT2D eigenvalue weighted by molar-refractivity contribution is 6.34. The summed E-state index contributed by atoms with van der Waals surface area (Å²) in [5.74, 6) is 0.705. The summed E-state index contributed by atoms with van der Waals surface area (Å²) in [5.41, 5.74) is 2.92. The Balaban J connectivity index is 2.87. The van der Waals surface area contributed by atoms with Crippen molar-refractivity contribution in [3.63, 3.8) is 0 Å². The smallest absolute Gasteiger partial charge is 0.164 e. The monoisotopic (exact) mass is 238 g/mol. The maximum absolute atomic E-state index is 11.9. The van der Waals surface area contributed by atoms with Gasteiger partial charge in [0.25, 0.3) is 0 Å². The Morgan fingerprint density at radius 2 is 1.81 bits per heavy atom. The molecule has 2 heteroatoms. The highest BCUT2D eigenvalue weighted by Gasteiger charge is 2.12. The zero-order chi connectivity index (χ0) is 12.3. The van der Waals surface area contributed by atoms with E-state index >= 15 is 0 Å². The van der Waals surface area contributed by atoms with Crippen LogP contribution in [-0.2, 0) is 0 Å². The van der Waals surface area contributed by atoms with Crippen molar-refractivity contribution in [2.24, 2.45) is 5.92 Å². The van der Waals surface area contributed by atoms with Gasteiger partial charge in [0.15, 0.2) is 5.78 Å². The molecule has 1 rings (SSSR count). The highest BCUT2D eigenvalue weighted by Crippen LogP contribution is 2.23. The van der Waals surface area contributed by atoms with Gasteiger partial charge < -0.3 is 0 Å². The van der Waals surface area contributed by atoms with E-state index in [1.807, 2.05) is 26.0 Å². The standard InChI is InChI=1S/C14H19ClO/c1-9(2)5-6-14(16)12-7-10(3)11(4)8-13(12)15/h7-9H,5-6H2,1-4H3. The van der Waals surface area contributed by atoms with E-state index in [4.69, 9.17) is 11.6 Å². The van der Waals surface area contributed by atoms with Crippen molar-refractivity contribution in [1.29, 1.82) is 0 Å². The molecule has 0 amide bonds. The number of halogens is 1. The first-order valence-electron chi connectivity index (χ1n) is 5.71. The number of hydrogen-bond donors (Lipinski definition) is 0. The maximum atomic E-state index is 11.9. The molecule has 16 heavy (non-hydrogen) atoms. The molecule has 1 aromatic rings. The van der Waals surface area contributed by atoms with Gasteiger partial charge >= 0.3 is 0 Å². The normalized spacial score (nSPS) is 10.9. The van der Waals surface area contributed by atoms with E-state index in [-0.39, 0.29) is 5.78 Å². The Bertz CT molecular complexity index is 394. The van der Waals surface area contributed by atoms with Gasteiger partial charge in [-0.2, -0.15) is 0 Å². The van der Waals surface area contributed by atoms with Crippen molar-refractivity contribution in [3.8, 4) is 0 Å². The quantitative estimate of drug-likeness (QED) is 0.702. The molecule has 0 aliphatic carbocycles. The molecule has 88 valence electrons. The van der Waals surface area contributed by atoms with Crippen LogP contribution in [-0.4, -0.2) is 5.78 Å². The van der Waals surface area contributed by atoms with Crippen molar-refractivity contribution in [2.45, 2.75) is 40.5 Å². The first-order chi connectivity index (χ1) is 7.41. The van der Waals surface area contributed by atoms with Gasteiger partial charge in [-0.15, -0.1) is 0 Å². The minimum Gasteiger partial charge on any atom is -0.294 e. The van der Waals surface area contributed by atoms with Crippen molar-refractivity contribution >= 4 is 17.4 Å². The van der Waals surface area contributed by atoms with Crippen molar-refractivity contribution in [1.82, 2.24) is 0 Å². The second-order valence-electron chi connectivity index (χ2n) is 4.77. The highest BCUT2D eigenvalue weighted by atomic mass is 35.5. The van der Waals surface area contributed by atoms with Crippen LogP contribution in [0.1, 0.15) is 48.2 Å². The molecule has 1 aromatic carbocycles. The Labute approximate surface area is 103 Å². The molecule has 0 aliphatic rings. The van der Waals surface area contributed by atoms with Crippen LogP contribution in [0.4, 0.5) is 0 Å². The molecular weight excluding hydrogens is 220 g/mol. The minimum absolute atomic E-state index is 0.154. The number of rotatable bonds is 4. The predicted molar refractivity (Wildman–Crippen MR) is 69.3 cm³/mol. The number of benzene rings is 1. The summed E-state index contributed by atoms with van der Waals surface area (Å²) in [4.78, 5) is 11.9. The lowest BCUT2D eigenvalue weighted by atomic mass is 9.98. The fourth-order valence-electron chi connectivity index (χ4n) is 1.55. The average Bonchev–Trinajstić information content (AvgIpc) is 2.20. The summed E-state index contributed by atoms with van der Waals surface area (Å²) < 4.78 is 0. The number of ketones is 1. The van der Waals surface area contributed by atoms with Crippen LogP contribution in [0.2, 0.25) is 5.02 Å². The van der Waals surface area contributed by atoms with Crippen LogP contribution in [0, 0.1) is 19.8 Å². The first-order valence-corrected chi connectivity index (χ1v) is 6.09. The molecule has 0 atom stereocenters. The molecule has 0 saturated carbocycles. The Morgan fingerprint density at radius 1 is 1.25 bits per heavy atom. The summed E-state index contributed by atoms with van der Waals surface area (Å²) in [6.45, 7) is 8.25. The average molecular weight is 239 g/mol. The van der Waals surface area contributed by atoms with Crippen LogP contribution in [0.25, 0.3) is 0 Å². The van der Waals surface area contributed by atoms with Crippen molar-refractivity contribution < 1.29 is 4.79 Å². The fourth-order valence-corrected chi connectivity index (χ4v) is 1.87. The number of carbonyl (C=O) groups excluding carboxylic acids is 1. The largest absolute Gasteiger partial charge is 0.294 e. The molecule has 0 spiro atoms. The molecule has 1 nitrogen and oxygen atoms in total. The van der Waals surface area contributed by atoms with E-state index in [0.29, 0.717) is 22.9 Å². The van der Waals surface area contributed by atoms with E-state index in [9.17, 15) is 4.79 Å². The van der Waals surface area contributed by atoms with Crippen LogP contribution in [0.15, 0.2) is 12.1 Å². The molecule has 0 fully saturated rings. The van der Waals surface area contributed by atoms with E-state index in [1.165, 1.54) is 0 Å². The zero-order valence-electron chi connectivity index (χ0n) is 10.4. The molecule has 0 bridgehead atoms. The Kier molecular flexibility index (Phi) is 4.55. The van der Waals surface area contributed by atoms with Crippen LogP contribution < -0.4 is 0 Å². The molecule has 0 N–H and O–H groups in total. The summed E-state index contributed by atoms with van der Waals surface area (Å²) in [5, 5.41) is 0.580. The van der Waals surface area contributed by atoms with Crippen molar-refractivity contribution in [2.75, 3.05) is 0 Å². The summed E-state index contributed by atoms with van der Waals surface area (Å²) in [7, 11) is 0. The van der Waals surface area contributed by atoms with Crippen LogP contribution in [0.3, 0.4) is 0 Å². The van der Waals surface area contributed by atoms with Gasteiger partial charge in [0.1, 0.15) is 0 Å². The number of aryl methyl sites for hydroxylation is 2. The van der Waals surface area contributed by atoms with Gasteiger partial charge in [0.05, 0.1) is 5.02 Å². The number of hydrogen-bond acceptors (Lipinski definition) is 1. The van der Waals surface area contributed by atoms with Crippen molar-refractivity contribution in [3.05, 3.63) is 33.8 Å². The van der Waals surface area contributed by atoms with Gasteiger partial charge in [-0.05, 0) is 49.4 Å². The van der Waals surface area contributed by atoms with Crippen LogP contribution >= 0.6 is 11.6 Å². The van der Waals surface area contributed by atoms with E-state index in [2.05, 4.69) is 13.8 Å². The molecule has 0 unspecified atom stereocenters. The third-order valence-corrected chi connectivity index (χ3v) is 3.15. The predicted octanol–water partition coefficient (Wildman–Crippen LogP) is 4.58. The lowest BCUT2D eigenvalue weighted by molar-refractivity contribution is 0.0975. The molecule has 0 radical (unpaired) electrons. The second-order valence-corrected chi connectivity index (χ2v) is 5.18. The second kappa shape index (κ2) is 5.49. The van der Waals surface area contributed by atoms with Gasteiger partial charge in [0, 0.05) is 12.0 Å². The maximum Gasteiger partial charge on any atom is 0.164 e. The SMILES string of the molecule is Cc1cc(Cl)c(C(=O)CCC(C)C)cc1C. The van der Waals surface area contributed by atoms with E-state index < -0.39 is 0 Å². The summed E-state index contributed by atoms with van der Waals surface area (Å²) in [6.07, 6.45) is 1.50. The zero-order valence-corrected chi connectivity index (χ0v) is 11.2. The van der Waals surface area contributed by atoms with Gasteiger partial charge in [-0.25, -0.2) is 0 Å². The number of Topliss-reactive ketones (excluding diaryl/α,β-unsaturated/α-hetero) is 1. The third-order valence-electron chi connectivity index (χ3n) is 2.83. The Hall–Kier alpha value is -0.820. The van der Waals surface area contributed by atoms with Crippen LogP contribution in [0.5, 0.6) is 0 Å². The van der Waals surface area contributed by atoms with Gasteiger partial charge in [-0.3, -0.25) is 4.79 Å². The summed E-state index contributed by atoms with van der Waals surface area (Å²) >= 11 is 6.09. The molecule has 0 aliphatic heterocycles. The fraction of sp³-hybridized carbons (Fsp3) is 0.500. The topological polar surface area (TPSA) is 17.1 Å². The molecule has 0 heterocycles. The lowest BCUT2D eigenvalue weighted by Gasteiger charge is -2.08.